The molecule has 2 aliphatic heterocycles. The molecule has 2 aromatic carbocycles. The molecule has 2 aromatic rings. The number of ether oxygens (including phenoxy) is 2. The van der Waals surface area contributed by atoms with Crippen molar-refractivity contribution in [2.75, 3.05) is 30.4 Å². The summed E-state index contributed by atoms with van der Waals surface area (Å²) in [6.07, 6.45) is 1.50. The van der Waals surface area contributed by atoms with E-state index in [0.717, 1.165) is 35.0 Å². The zero-order valence-corrected chi connectivity index (χ0v) is 15.1. The number of Topliss-reactive ketones (excluding diaryl/α,β-unsaturated/α-hetero) is 1. The highest BCUT2D eigenvalue weighted by molar-refractivity contribution is 8.00. The van der Waals surface area contributed by atoms with Gasteiger partial charge < -0.3 is 14.4 Å². The third-order valence-electron chi connectivity index (χ3n) is 4.46. The lowest BCUT2D eigenvalue weighted by molar-refractivity contribution is -0.117. The molecular formula is C20H19NO4S. The molecule has 1 amide bonds. The van der Waals surface area contributed by atoms with Crippen LogP contribution in [0.1, 0.15) is 23.2 Å². The molecule has 0 N–H and O–H groups in total. The molecule has 0 atom stereocenters. The number of rotatable bonds is 5. The predicted octanol–water partition coefficient (Wildman–Crippen LogP) is 3.56. The Kier molecular flexibility index (Phi) is 4.84. The third kappa shape index (κ3) is 3.55. The Hall–Kier alpha value is -2.47. The van der Waals surface area contributed by atoms with E-state index in [1.54, 1.807) is 17.0 Å². The first kappa shape index (κ1) is 17.0. The molecule has 0 spiro atoms. The first-order valence-electron chi connectivity index (χ1n) is 8.67. The molecule has 5 nitrogen and oxygen atoms in total. The van der Waals surface area contributed by atoms with Crippen LogP contribution < -0.4 is 14.4 Å². The van der Waals surface area contributed by atoms with Gasteiger partial charge in [0.05, 0.1) is 5.75 Å². The molecule has 1 fully saturated rings. The minimum Gasteiger partial charge on any atom is -0.486 e. The van der Waals surface area contributed by atoms with Crippen molar-refractivity contribution in [3.63, 3.8) is 0 Å². The average molecular weight is 369 g/mol. The second-order valence-electron chi connectivity index (χ2n) is 6.21. The minimum absolute atomic E-state index is 0.0594. The second kappa shape index (κ2) is 7.41. The summed E-state index contributed by atoms with van der Waals surface area (Å²) in [5.41, 5.74) is 1.52. The maximum absolute atomic E-state index is 12.4. The standard InChI is InChI=1S/C20H19NO4S/c22-17(13-26-16-7-8-18-19(12-16)25-11-10-24-18)14-3-5-15(6-4-14)21-9-1-2-20(21)23/h3-8,12H,1-2,9-11,13H2. The van der Waals surface area contributed by atoms with E-state index < -0.39 is 0 Å². The smallest absolute Gasteiger partial charge is 0.227 e. The van der Waals surface area contributed by atoms with Crippen LogP contribution in [-0.2, 0) is 4.79 Å². The fourth-order valence-corrected chi connectivity index (χ4v) is 3.91. The molecule has 6 heteroatoms. The zero-order chi connectivity index (χ0) is 17.9. The highest BCUT2D eigenvalue weighted by Crippen LogP contribution is 2.34. The van der Waals surface area contributed by atoms with Crippen LogP contribution in [0.3, 0.4) is 0 Å². The number of benzene rings is 2. The molecule has 0 bridgehead atoms. The molecule has 26 heavy (non-hydrogen) atoms. The maximum atomic E-state index is 12.4. The Morgan fingerprint density at radius 3 is 2.54 bits per heavy atom. The summed E-state index contributed by atoms with van der Waals surface area (Å²) in [4.78, 5) is 27.0. The quantitative estimate of drug-likeness (QED) is 0.596. The molecule has 0 aromatic heterocycles. The number of hydrogen-bond acceptors (Lipinski definition) is 5. The molecule has 1 saturated heterocycles. The molecule has 2 heterocycles. The Bertz CT molecular complexity index is 834. The van der Waals surface area contributed by atoms with E-state index >= 15 is 0 Å². The van der Waals surface area contributed by atoms with Gasteiger partial charge in [-0.2, -0.15) is 0 Å². The summed E-state index contributed by atoms with van der Waals surface area (Å²) in [5, 5.41) is 0. The van der Waals surface area contributed by atoms with Crippen molar-refractivity contribution in [2.45, 2.75) is 17.7 Å². The van der Waals surface area contributed by atoms with Crippen LogP contribution in [0.15, 0.2) is 47.4 Å². The van der Waals surface area contributed by atoms with Gasteiger partial charge in [-0.25, -0.2) is 0 Å². The summed E-state index contributed by atoms with van der Waals surface area (Å²) >= 11 is 1.48. The van der Waals surface area contributed by atoms with Gasteiger partial charge in [0.1, 0.15) is 13.2 Å². The van der Waals surface area contributed by atoms with E-state index in [2.05, 4.69) is 0 Å². The number of ketones is 1. The van der Waals surface area contributed by atoms with Gasteiger partial charge in [0.2, 0.25) is 5.91 Å². The molecule has 0 unspecified atom stereocenters. The van der Waals surface area contributed by atoms with E-state index in [1.807, 2.05) is 30.3 Å². The fraction of sp³-hybridized carbons (Fsp3) is 0.300. The number of anilines is 1. The average Bonchev–Trinajstić information content (AvgIpc) is 3.12. The van der Waals surface area contributed by atoms with E-state index in [4.69, 9.17) is 9.47 Å². The van der Waals surface area contributed by atoms with Crippen molar-refractivity contribution in [3.05, 3.63) is 48.0 Å². The second-order valence-corrected chi connectivity index (χ2v) is 7.26. The number of amides is 1. The van der Waals surface area contributed by atoms with Crippen molar-refractivity contribution in [2.24, 2.45) is 0 Å². The topological polar surface area (TPSA) is 55.8 Å². The van der Waals surface area contributed by atoms with Crippen molar-refractivity contribution in [1.29, 1.82) is 0 Å². The lowest BCUT2D eigenvalue weighted by Gasteiger charge is -2.18. The van der Waals surface area contributed by atoms with Gasteiger partial charge in [0.25, 0.3) is 0 Å². The molecule has 134 valence electrons. The number of fused-ring (bicyclic) bond motifs is 1. The fourth-order valence-electron chi connectivity index (χ4n) is 3.09. The molecule has 2 aliphatic rings. The van der Waals surface area contributed by atoms with Gasteiger partial charge >= 0.3 is 0 Å². The Morgan fingerprint density at radius 1 is 1.04 bits per heavy atom. The van der Waals surface area contributed by atoms with Gasteiger partial charge in [-0.1, -0.05) is 0 Å². The van der Waals surface area contributed by atoms with Crippen molar-refractivity contribution in [3.8, 4) is 11.5 Å². The van der Waals surface area contributed by atoms with Crippen molar-refractivity contribution >= 4 is 29.1 Å². The zero-order valence-electron chi connectivity index (χ0n) is 14.3. The first-order valence-corrected chi connectivity index (χ1v) is 9.65. The third-order valence-corrected chi connectivity index (χ3v) is 5.45. The monoisotopic (exact) mass is 369 g/mol. The van der Waals surface area contributed by atoms with Crippen molar-refractivity contribution < 1.29 is 19.1 Å². The van der Waals surface area contributed by atoms with Crippen LogP contribution in [0, 0.1) is 0 Å². The van der Waals surface area contributed by atoms with E-state index in [1.165, 1.54) is 11.8 Å². The number of carbonyl (C=O) groups excluding carboxylic acids is 2. The molecule has 0 saturated carbocycles. The van der Waals surface area contributed by atoms with Gasteiger partial charge in [0.15, 0.2) is 17.3 Å². The number of nitrogens with zero attached hydrogens (tertiary/aromatic N) is 1. The Labute approximate surface area is 156 Å². The van der Waals surface area contributed by atoms with Crippen LogP contribution in [0.2, 0.25) is 0 Å². The van der Waals surface area contributed by atoms with Gasteiger partial charge in [0, 0.05) is 29.1 Å². The molecule has 0 radical (unpaired) electrons. The van der Waals surface area contributed by atoms with Crippen molar-refractivity contribution in [1.82, 2.24) is 0 Å². The lowest BCUT2D eigenvalue weighted by Crippen LogP contribution is -2.23. The van der Waals surface area contributed by atoms with E-state index in [-0.39, 0.29) is 11.7 Å². The van der Waals surface area contributed by atoms with Gasteiger partial charge in [-0.05, 0) is 48.9 Å². The minimum atomic E-state index is 0.0594. The summed E-state index contributed by atoms with van der Waals surface area (Å²) in [5.74, 6) is 2.04. The van der Waals surface area contributed by atoms with Crippen LogP contribution in [0.5, 0.6) is 11.5 Å². The summed E-state index contributed by atoms with van der Waals surface area (Å²) in [6, 6.07) is 13.0. The molecular weight excluding hydrogens is 350 g/mol. The van der Waals surface area contributed by atoms with Crippen LogP contribution in [0.25, 0.3) is 0 Å². The maximum Gasteiger partial charge on any atom is 0.227 e. The summed E-state index contributed by atoms with van der Waals surface area (Å²) in [7, 11) is 0. The number of hydrogen-bond donors (Lipinski definition) is 0. The summed E-state index contributed by atoms with van der Waals surface area (Å²) < 4.78 is 11.1. The lowest BCUT2D eigenvalue weighted by atomic mass is 10.1. The largest absolute Gasteiger partial charge is 0.486 e. The molecule has 0 aliphatic carbocycles. The van der Waals surface area contributed by atoms with Gasteiger partial charge in [-0.3, -0.25) is 9.59 Å². The Morgan fingerprint density at radius 2 is 1.81 bits per heavy atom. The van der Waals surface area contributed by atoms with E-state index in [9.17, 15) is 9.59 Å². The van der Waals surface area contributed by atoms with Gasteiger partial charge in [-0.15, -0.1) is 11.8 Å². The normalized spacial score (nSPS) is 16.0. The van der Waals surface area contributed by atoms with E-state index in [0.29, 0.717) is 31.0 Å². The Balaban J connectivity index is 1.38. The predicted molar refractivity (Wildman–Crippen MR) is 101 cm³/mol. The summed E-state index contributed by atoms with van der Waals surface area (Å²) in [6.45, 7) is 1.87. The number of thioether (sulfide) groups is 1. The SMILES string of the molecule is O=C(CSc1ccc2c(c1)OCCO2)c1ccc(N2CCCC2=O)cc1. The highest BCUT2D eigenvalue weighted by atomic mass is 32.2. The van der Waals surface area contributed by atoms with Crippen LogP contribution in [0.4, 0.5) is 5.69 Å². The first-order chi connectivity index (χ1) is 12.7. The highest BCUT2D eigenvalue weighted by Gasteiger charge is 2.21. The molecule has 4 rings (SSSR count). The van der Waals surface area contributed by atoms with Crippen LogP contribution in [-0.4, -0.2) is 37.2 Å². The van der Waals surface area contributed by atoms with Crippen LogP contribution >= 0.6 is 11.8 Å². The number of carbonyl (C=O) groups is 2.